The molecule has 0 aliphatic heterocycles. The summed E-state index contributed by atoms with van der Waals surface area (Å²) in [7, 11) is -3.84. The average molecular weight is 488 g/mol. The molecule has 0 aliphatic rings. The number of halogens is 1. The fraction of sp³-hybridized carbons (Fsp3) is 0.130. The number of sulfonamides is 1. The van der Waals surface area contributed by atoms with E-state index in [1.165, 1.54) is 31.2 Å². The minimum absolute atomic E-state index is 0.0594. The van der Waals surface area contributed by atoms with Crippen molar-refractivity contribution in [1.82, 2.24) is 15.6 Å². The Hall–Kier alpha value is -3.40. The minimum Gasteiger partial charge on any atom is -0.481 e. The van der Waals surface area contributed by atoms with Crippen LogP contribution in [-0.2, 0) is 21.4 Å². The van der Waals surface area contributed by atoms with Gasteiger partial charge in [-0.2, -0.15) is 0 Å². The normalized spacial score (nSPS) is 11.9. The summed E-state index contributed by atoms with van der Waals surface area (Å²) in [5.41, 5.74) is 5.38. The van der Waals surface area contributed by atoms with Crippen LogP contribution in [0.2, 0.25) is 5.02 Å². The number of nitrogens with one attached hydrogen (secondary N) is 3. The van der Waals surface area contributed by atoms with Gasteiger partial charge >= 0.3 is 0 Å². The number of hydrogen-bond donors (Lipinski definition) is 3. The lowest BCUT2D eigenvalue weighted by atomic mass is 10.2. The second-order valence-electron chi connectivity index (χ2n) is 7.00. The number of benzene rings is 3. The molecule has 172 valence electrons. The van der Waals surface area contributed by atoms with Gasteiger partial charge in [-0.15, -0.1) is 0 Å². The molecule has 0 aliphatic carbocycles. The summed E-state index contributed by atoms with van der Waals surface area (Å²) in [6.45, 7) is 1.63. The van der Waals surface area contributed by atoms with Crippen LogP contribution in [0.5, 0.6) is 5.75 Å². The molecule has 0 fully saturated rings. The predicted octanol–water partition coefficient (Wildman–Crippen LogP) is 3.05. The summed E-state index contributed by atoms with van der Waals surface area (Å²) in [6, 6.07) is 21.0. The van der Waals surface area contributed by atoms with Gasteiger partial charge in [-0.05, 0) is 55.0 Å². The molecular formula is C23H22ClN3O5S. The first-order valence-corrected chi connectivity index (χ1v) is 11.8. The minimum atomic E-state index is -3.84. The summed E-state index contributed by atoms with van der Waals surface area (Å²) in [5.74, 6) is -0.831. The fourth-order valence-corrected chi connectivity index (χ4v) is 3.91. The van der Waals surface area contributed by atoms with Gasteiger partial charge in [-0.25, -0.2) is 13.1 Å². The lowest BCUT2D eigenvalue weighted by Crippen LogP contribution is -2.47. The van der Waals surface area contributed by atoms with Crippen molar-refractivity contribution in [3.05, 3.63) is 95.0 Å². The van der Waals surface area contributed by atoms with Crippen molar-refractivity contribution in [3.63, 3.8) is 0 Å². The molecule has 2 amide bonds. The predicted molar refractivity (Wildman–Crippen MR) is 124 cm³/mol. The van der Waals surface area contributed by atoms with Crippen LogP contribution < -0.4 is 20.3 Å². The van der Waals surface area contributed by atoms with Crippen LogP contribution in [0.1, 0.15) is 22.8 Å². The van der Waals surface area contributed by atoms with Crippen LogP contribution in [0, 0.1) is 0 Å². The summed E-state index contributed by atoms with van der Waals surface area (Å²) < 4.78 is 33.2. The Morgan fingerprint density at radius 1 is 0.939 bits per heavy atom. The highest BCUT2D eigenvalue weighted by Crippen LogP contribution is 2.17. The Labute approximate surface area is 196 Å². The van der Waals surface area contributed by atoms with Gasteiger partial charge in [-0.1, -0.05) is 48.0 Å². The second-order valence-corrected chi connectivity index (χ2v) is 9.20. The lowest BCUT2D eigenvalue weighted by Gasteiger charge is -2.15. The van der Waals surface area contributed by atoms with E-state index in [4.69, 9.17) is 16.3 Å². The van der Waals surface area contributed by atoms with Gasteiger partial charge in [0.25, 0.3) is 11.8 Å². The zero-order valence-corrected chi connectivity index (χ0v) is 19.2. The third kappa shape index (κ3) is 7.04. The average Bonchev–Trinajstić information content (AvgIpc) is 2.83. The molecule has 33 heavy (non-hydrogen) atoms. The van der Waals surface area contributed by atoms with Gasteiger partial charge in [0.15, 0.2) is 6.10 Å². The first kappa shape index (κ1) is 24.2. The summed E-state index contributed by atoms with van der Waals surface area (Å²) >= 11 is 5.81. The highest BCUT2D eigenvalue weighted by molar-refractivity contribution is 7.89. The monoisotopic (exact) mass is 487 g/mol. The topological polar surface area (TPSA) is 114 Å². The van der Waals surface area contributed by atoms with E-state index in [2.05, 4.69) is 15.6 Å². The second kappa shape index (κ2) is 11.0. The molecule has 0 saturated heterocycles. The van der Waals surface area contributed by atoms with E-state index in [1.807, 2.05) is 18.2 Å². The van der Waals surface area contributed by atoms with Gasteiger partial charge in [0.2, 0.25) is 10.0 Å². The molecule has 10 heteroatoms. The molecule has 3 aromatic rings. The zero-order valence-electron chi connectivity index (χ0n) is 17.6. The summed E-state index contributed by atoms with van der Waals surface area (Å²) in [5, 5.41) is 0.534. The molecule has 0 heterocycles. The Morgan fingerprint density at radius 2 is 1.64 bits per heavy atom. The van der Waals surface area contributed by atoms with Crippen LogP contribution >= 0.6 is 11.6 Å². The van der Waals surface area contributed by atoms with Gasteiger partial charge in [0.05, 0.1) is 4.90 Å². The molecule has 3 rings (SSSR count). The van der Waals surface area contributed by atoms with Crippen molar-refractivity contribution in [2.75, 3.05) is 0 Å². The first-order chi connectivity index (χ1) is 15.7. The summed E-state index contributed by atoms with van der Waals surface area (Å²) in [6.07, 6.45) is -0.902. The van der Waals surface area contributed by atoms with Crippen molar-refractivity contribution in [2.45, 2.75) is 24.5 Å². The molecule has 1 unspecified atom stereocenters. The number of hydrazine groups is 1. The van der Waals surface area contributed by atoms with Crippen LogP contribution in [0.4, 0.5) is 0 Å². The quantitative estimate of drug-likeness (QED) is 0.423. The molecular weight excluding hydrogens is 466 g/mol. The maximum Gasteiger partial charge on any atom is 0.279 e. The molecule has 0 saturated carbocycles. The zero-order chi connectivity index (χ0) is 23.8. The van der Waals surface area contributed by atoms with E-state index in [1.54, 1.807) is 36.4 Å². The Kier molecular flexibility index (Phi) is 8.05. The van der Waals surface area contributed by atoms with Gasteiger partial charge < -0.3 is 4.74 Å². The smallest absolute Gasteiger partial charge is 0.279 e. The highest BCUT2D eigenvalue weighted by atomic mass is 35.5. The largest absolute Gasteiger partial charge is 0.481 e. The standard InChI is InChI=1S/C23H22ClN3O5S/c1-16(32-20-12-10-19(24)11-13-20)22(28)26-27-23(29)18-8-5-9-21(14-18)33(30,31)25-15-17-6-3-2-4-7-17/h2-14,16,25H,15H2,1H3,(H,26,28)(H,27,29). The number of amides is 2. The van der Waals surface area contributed by atoms with E-state index in [0.717, 1.165) is 5.56 Å². The molecule has 3 N–H and O–H groups in total. The number of carbonyl (C=O) groups is 2. The van der Waals surface area contributed by atoms with Crippen molar-refractivity contribution in [1.29, 1.82) is 0 Å². The van der Waals surface area contributed by atoms with E-state index in [9.17, 15) is 18.0 Å². The first-order valence-electron chi connectivity index (χ1n) is 9.91. The maximum atomic E-state index is 12.6. The molecule has 8 nitrogen and oxygen atoms in total. The van der Waals surface area contributed by atoms with E-state index in [0.29, 0.717) is 10.8 Å². The van der Waals surface area contributed by atoms with E-state index in [-0.39, 0.29) is 17.0 Å². The summed E-state index contributed by atoms with van der Waals surface area (Å²) in [4.78, 5) is 24.6. The number of hydrogen-bond acceptors (Lipinski definition) is 5. The third-order valence-electron chi connectivity index (χ3n) is 4.51. The van der Waals surface area contributed by atoms with Crippen molar-refractivity contribution in [3.8, 4) is 5.75 Å². The number of rotatable bonds is 8. The third-order valence-corrected chi connectivity index (χ3v) is 6.16. The SMILES string of the molecule is CC(Oc1ccc(Cl)cc1)C(=O)NNC(=O)c1cccc(S(=O)(=O)NCc2ccccc2)c1. The van der Waals surface area contributed by atoms with Crippen LogP contribution in [0.15, 0.2) is 83.8 Å². The Balaban J connectivity index is 1.57. The van der Waals surface area contributed by atoms with E-state index >= 15 is 0 Å². The Morgan fingerprint density at radius 3 is 2.33 bits per heavy atom. The van der Waals surface area contributed by atoms with Gasteiger partial charge in [0.1, 0.15) is 5.75 Å². The van der Waals surface area contributed by atoms with Crippen molar-refractivity contribution in [2.24, 2.45) is 0 Å². The van der Waals surface area contributed by atoms with Crippen LogP contribution in [-0.4, -0.2) is 26.3 Å². The van der Waals surface area contributed by atoms with Crippen molar-refractivity contribution >= 4 is 33.4 Å². The molecule has 0 bridgehead atoms. The highest BCUT2D eigenvalue weighted by Gasteiger charge is 2.18. The van der Waals surface area contributed by atoms with Crippen molar-refractivity contribution < 1.29 is 22.7 Å². The van der Waals surface area contributed by atoms with E-state index < -0.39 is 27.9 Å². The molecule has 3 aromatic carbocycles. The maximum absolute atomic E-state index is 12.6. The van der Waals surface area contributed by atoms with Gasteiger partial charge in [-0.3, -0.25) is 20.4 Å². The molecule has 0 radical (unpaired) electrons. The number of ether oxygens (including phenoxy) is 1. The molecule has 1 atom stereocenters. The number of carbonyl (C=O) groups excluding carboxylic acids is 2. The molecule has 0 aromatic heterocycles. The van der Waals surface area contributed by atoms with Crippen LogP contribution in [0.3, 0.4) is 0 Å². The lowest BCUT2D eigenvalue weighted by molar-refractivity contribution is -0.128. The fourth-order valence-electron chi connectivity index (χ4n) is 2.73. The Bertz CT molecular complexity index is 1220. The molecule has 0 spiro atoms. The van der Waals surface area contributed by atoms with Gasteiger partial charge in [0, 0.05) is 17.1 Å². The van der Waals surface area contributed by atoms with Crippen LogP contribution in [0.25, 0.3) is 0 Å².